The lowest BCUT2D eigenvalue weighted by Gasteiger charge is -2.39. The Morgan fingerprint density at radius 1 is 1.20 bits per heavy atom. The molecule has 1 fully saturated rings. The molecule has 1 aliphatic heterocycles. The van der Waals surface area contributed by atoms with Gasteiger partial charge in [-0.25, -0.2) is 4.79 Å². The molecule has 0 aromatic heterocycles. The molecule has 25 heavy (non-hydrogen) atoms. The van der Waals surface area contributed by atoms with Crippen LogP contribution in [-0.4, -0.2) is 41.2 Å². The molecule has 0 atom stereocenters. The third-order valence-corrected chi connectivity index (χ3v) is 3.85. The Morgan fingerprint density at radius 2 is 1.80 bits per heavy atom. The van der Waals surface area contributed by atoms with Crippen molar-refractivity contribution in [3.63, 3.8) is 0 Å². The summed E-state index contributed by atoms with van der Waals surface area (Å²) in [6.07, 6.45) is -4.87. The number of benzene rings is 1. The van der Waals surface area contributed by atoms with E-state index in [1.807, 2.05) is 0 Å². The Hall–Kier alpha value is -1.96. The lowest BCUT2D eigenvalue weighted by Crippen LogP contribution is -2.46. The van der Waals surface area contributed by atoms with E-state index in [-0.39, 0.29) is 31.7 Å². The smallest absolute Gasteiger partial charge is 0.444 e. The summed E-state index contributed by atoms with van der Waals surface area (Å²) in [4.78, 5) is 13.5. The number of alkyl halides is 3. The first-order valence-electron chi connectivity index (χ1n) is 7.95. The van der Waals surface area contributed by atoms with E-state index in [9.17, 15) is 23.1 Å². The zero-order chi connectivity index (χ0) is 18.9. The van der Waals surface area contributed by atoms with Crippen molar-refractivity contribution in [2.24, 2.45) is 0 Å². The van der Waals surface area contributed by atoms with Gasteiger partial charge in [-0.3, -0.25) is 0 Å². The monoisotopic (exact) mass is 361 g/mol. The molecule has 1 aromatic rings. The van der Waals surface area contributed by atoms with Gasteiger partial charge in [-0.2, -0.15) is 0 Å². The van der Waals surface area contributed by atoms with E-state index >= 15 is 0 Å². The highest BCUT2D eigenvalue weighted by Crippen LogP contribution is 2.35. The Kier molecular flexibility index (Phi) is 5.22. The zero-order valence-electron chi connectivity index (χ0n) is 14.4. The summed E-state index contributed by atoms with van der Waals surface area (Å²) < 4.78 is 46.2. The predicted octanol–water partition coefficient (Wildman–Crippen LogP) is 3.80. The van der Waals surface area contributed by atoms with Crippen LogP contribution in [0.15, 0.2) is 24.3 Å². The minimum Gasteiger partial charge on any atom is -0.444 e. The lowest BCUT2D eigenvalue weighted by atomic mass is 9.84. The number of nitrogens with zero attached hydrogens (tertiary/aromatic N) is 1. The van der Waals surface area contributed by atoms with Gasteiger partial charge in [0.15, 0.2) is 0 Å². The minimum absolute atomic E-state index is 0.196. The van der Waals surface area contributed by atoms with Crippen LogP contribution in [0.2, 0.25) is 0 Å². The van der Waals surface area contributed by atoms with Crippen molar-refractivity contribution in [3.8, 4) is 5.75 Å². The molecule has 0 bridgehead atoms. The fourth-order valence-electron chi connectivity index (χ4n) is 2.66. The largest absolute Gasteiger partial charge is 0.573 e. The third-order valence-electron chi connectivity index (χ3n) is 3.85. The van der Waals surface area contributed by atoms with E-state index < -0.39 is 23.7 Å². The van der Waals surface area contributed by atoms with Crippen LogP contribution in [-0.2, 0) is 10.3 Å². The van der Waals surface area contributed by atoms with Crippen molar-refractivity contribution >= 4 is 6.09 Å². The summed E-state index contributed by atoms with van der Waals surface area (Å²) in [5.74, 6) is -0.381. The quantitative estimate of drug-likeness (QED) is 0.870. The predicted molar refractivity (Wildman–Crippen MR) is 84.1 cm³/mol. The molecule has 1 saturated heterocycles. The minimum atomic E-state index is -4.79. The second-order valence-corrected chi connectivity index (χ2v) is 7.07. The van der Waals surface area contributed by atoms with Crippen LogP contribution in [0.4, 0.5) is 18.0 Å². The first-order valence-corrected chi connectivity index (χ1v) is 7.95. The molecule has 1 aromatic carbocycles. The number of amides is 1. The number of hydrogen-bond acceptors (Lipinski definition) is 4. The average molecular weight is 361 g/mol. The summed E-state index contributed by atoms with van der Waals surface area (Å²) in [7, 11) is 0. The van der Waals surface area contributed by atoms with E-state index in [0.29, 0.717) is 5.56 Å². The van der Waals surface area contributed by atoms with Gasteiger partial charge in [-0.1, -0.05) is 12.1 Å². The van der Waals surface area contributed by atoms with E-state index in [0.717, 1.165) is 0 Å². The maximum absolute atomic E-state index is 12.3. The topological polar surface area (TPSA) is 59.0 Å². The van der Waals surface area contributed by atoms with Gasteiger partial charge in [0.1, 0.15) is 11.4 Å². The Bertz CT molecular complexity index is 617. The SMILES string of the molecule is CC(C)(C)OC(=O)N1CCC(O)(c2cccc(OC(F)(F)F)c2)CC1. The summed E-state index contributed by atoms with van der Waals surface area (Å²) in [5.41, 5.74) is -1.60. The van der Waals surface area contributed by atoms with Crippen molar-refractivity contribution in [2.75, 3.05) is 13.1 Å². The second-order valence-electron chi connectivity index (χ2n) is 7.07. The highest BCUT2D eigenvalue weighted by atomic mass is 19.4. The molecule has 2 rings (SSSR count). The molecular formula is C17H22F3NO4. The Labute approximate surface area is 144 Å². The molecular weight excluding hydrogens is 339 g/mol. The summed E-state index contributed by atoms with van der Waals surface area (Å²) in [6.45, 7) is 5.78. The highest BCUT2D eigenvalue weighted by molar-refractivity contribution is 5.68. The van der Waals surface area contributed by atoms with Gasteiger partial charge >= 0.3 is 12.5 Å². The van der Waals surface area contributed by atoms with Gasteiger partial charge in [0.2, 0.25) is 0 Å². The van der Waals surface area contributed by atoms with Crippen molar-refractivity contribution in [3.05, 3.63) is 29.8 Å². The van der Waals surface area contributed by atoms with Gasteiger partial charge < -0.3 is 19.5 Å². The van der Waals surface area contributed by atoms with Crippen LogP contribution in [0.25, 0.3) is 0 Å². The van der Waals surface area contributed by atoms with Gasteiger partial charge in [0.05, 0.1) is 5.60 Å². The molecule has 140 valence electrons. The van der Waals surface area contributed by atoms with E-state index in [4.69, 9.17) is 4.74 Å². The molecule has 1 aliphatic rings. The van der Waals surface area contributed by atoms with Crippen LogP contribution in [0, 0.1) is 0 Å². The van der Waals surface area contributed by atoms with Crippen LogP contribution in [0.5, 0.6) is 5.75 Å². The summed E-state index contributed by atoms with van der Waals surface area (Å²) >= 11 is 0. The lowest BCUT2D eigenvalue weighted by molar-refractivity contribution is -0.274. The fraction of sp³-hybridized carbons (Fsp3) is 0.588. The van der Waals surface area contributed by atoms with Crippen molar-refractivity contribution in [1.29, 1.82) is 0 Å². The first kappa shape index (κ1) is 19.4. The van der Waals surface area contributed by atoms with Crippen molar-refractivity contribution < 1.29 is 32.5 Å². The number of halogens is 3. The van der Waals surface area contributed by atoms with Gasteiger partial charge in [0.25, 0.3) is 0 Å². The number of aliphatic hydroxyl groups is 1. The second kappa shape index (κ2) is 6.74. The standard InChI is InChI=1S/C17H22F3NO4/c1-15(2,3)25-14(22)21-9-7-16(23,8-10-21)12-5-4-6-13(11-12)24-17(18,19)20/h4-6,11,23H,7-10H2,1-3H3. The number of likely N-dealkylation sites (tertiary alicyclic amines) is 1. The van der Waals surface area contributed by atoms with Gasteiger partial charge in [0, 0.05) is 13.1 Å². The Morgan fingerprint density at radius 3 is 2.32 bits per heavy atom. The van der Waals surface area contributed by atoms with Crippen LogP contribution >= 0.6 is 0 Å². The van der Waals surface area contributed by atoms with Crippen molar-refractivity contribution in [1.82, 2.24) is 4.90 Å². The normalized spacial score (nSPS) is 18.0. The van der Waals surface area contributed by atoms with Gasteiger partial charge in [-0.15, -0.1) is 13.2 Å². The summed E-state index contributed by atoms with van der Waals surface area (Å²) in [5, 5.41) is 10.8. The Balaban J connectivity index is 2.05. The number of hydrogen-bond donors (Lipinski definition) is 1. The molecule has 0 saturated carbocycles. The molecule has 1 amide bonds. The number of ether oxygens (including phenoxy) is 2. The number of rotatable bonds is 2. The van der Waals surface area contributed by atoms with Gasteiger partial charge in [-0.05, 0) is 51.3 Å². The van der Waals surface area contributed by atoms with E-state index in [1.165, 1.54) is 23.1 Å². The number of piperidine rings is 1. The van der Waals surface area contributed by atoms with E-state index in [2.05, 4.69) is 4.74 Å². The highest BCUT2D eigenvalue weighted by Gasteiger charge is 2.37. The molecule has 0 spiro atoms. The zero-order valence-corrected chi connectivity index (χ0v) is 14.4. The molecule has 5 nitrogen and oxygen atoms in total. The van der Waals surface area contributed by atoms with E-state index in [1.54, 1.807) is 26.8 Å². The third kappa shape index (κ3) is 5.52. The van der Waals surface area contributed by atoms with Crippen LogP contribution < -0.4 is 4.74 Å². The van der Waals surface area contributed by atoms with Crippen LogP contribution in [0.3, 0.4) is 0 Å². The van der Waals surface area contributed by atoms with Crippen molar-refractivity contribution in [2.45, 2.75) is 51.2 Å². The first-order chi connectivity index (χ1) is 11.4. The molecule has 0 unspecified atom stereocenters. The molecule has 0 radical (unpaired) electrons. The van der Waals surface area contributed by atoms with Crippen LogP contribution in [0.1, 0.15) is 39.2 Å². The number of carbonyl (C=O) groups is 1. The fourth-order valence-corrected chi connectivity index (χ4v) is 2.66. The number of carbonyl (C=O) groups excluding carboxylic acids is 1. The summed E-state index contributed by atoms with van der Waals surface area (Å²) in [6, 6.07) is 5.30. The average Bonchev–Trinajstić information content (AvgIpc) is 2.44. The maximum atomic E-state index is 12.3. The molecule has 1 heterocycles. The molecule has 8 heteroatoms. The molecule has 1 N–H and O–H groups in total. The molecule has 0 aliphatic carbocycles. The maximum Gasteiger partial charge on any atom is 0.573 e.